The molecule has 2 rings (SSSR count). The summed E-state index contributed by atoms with van der Waals surface area (Å²) >= 11 is 0.939. The lowest BCUT2D eigenvalue weighted by molar-refractivity contribution is -0.139. The zero-order valence-corrected chi connectivity index (χ0v) is 17.5. The molecule has 1 aromatic carbocycles. The highest BCUT2D eigenvalue weighted by Gasteiger charge is 2.22. The Morgan fingerprint density at radius 2 is 1.76 bits per heavy atom. The smallest absolute Gasteiger partial charge is 0.333 e. The summed E-state index contributed by atoms with van der Waals surface area (Å²) in [5.41, 5.74) is -1.08. The average molecular weight is 421 g/mol. The van der Waals surface area contributed by atoms with Crippen molar-refractivity contribution in [3.63, 3.8) is 0 Å². The number of aromatic nitrogens is 2. The minimum atomic E-state index is -0.716. The zero-order valence-electron chi connectivity index (χ0n) is 16.7. The molecular weight excluding hydrogens is 398 g/mol. The molecule has 0 aliphatic heterocycles. The van der Waals surface area contributed by atoms with Gasteiger partial charge in [0.2, 0.25) is 5.88 Å². The molecule has 0 amide bonds. The topological polar surface area (TPSA) is 112 Å². The van der Waals surface area contributed by atoms with Crippen LogP contribution in [-0.2, 0) is 23.6 Å². The van der Waals surface area contributed by atoms with E-state index in [0.717, 1.165) is 20.9 Å². The first kappa shape index (κ1) is 22.3. The summed E-state index contributed by atoms with van der Waals surface area (Å²) in [4.78, 5) is 40.9. The Balaban J connectivity index is 2.55. The van der Waals surface area contributed by atoms with Gasteiger partial charge in [-0.25, -0.2) is 9.79 Å². The molecule has 0 bridgehead atoms. The largest absolute Gasteiger partial charge is 0.494 e. The van der Waals surface area contributed by atoms with Crippen molar-refractivity contribution in [2.24, 2.45) is 19.1 Å². The third-order valence-corrected chi connectivity index (χ3v) is 4.81. The maximum atomic E-state index is 12.7. The lowest BCUT2D eigenvalue weighted by atomic mass is 10.3. The summed E-state index contributed by atoms with van der Waals surface area (Å²) in [5, 5.41) is 10.5. The second kappa shape index (κ2) is 9.97. The summed E-state index contributed by atoms with van der Waals surface area (Å²) in [7, 11) is 2.64. The highest BCUT2D eigenvalue weighted by atomic mass is 32.2. The van der Waals surface area contributed by atoms with E-state index in [-0.39, 0.29) is 23.0 Å². The Hall–Kier alpha value is -3.01. The molecule has 29 heavy (non-hydrogen) atoms. The van der Waals surface area contributed by atoms with E-state index in [1.165, 1.54) is 14.1 Å². The molecule has 0 saturated carbocycles. The minimum absolute atomic E-state index is 0.0934. The van der Waals surface area contributed by atoms with E-state index >= 15 is 0 Å². The Morgan fingerprint density at radius 1 is 1.10 bits per heavy atom. The van der Waals surface area contributed by atoms with Crippen LogP contribution >= 0.6 is 11.8 Å². The van der Waals surface area contributed by atoms with Crippen molar-refractivity contribution in [2.75, 3.05) is 19.0 Å². The summed E-state index contributed by atoms with van der Waals surface area (Å²) in [5.74, 6) is -0.472. The van der Waals surface area contributed by atoms with Crippen LogP contribution < -0.4 is 16.0 Å². The van der Waals surface area contributed by atoms with Gasteiger partial charge in [0.05, 0.1) is 24.7 Å². The van der Waals surface area contributed by atoms with E-state index in [9.17, 15) is 19.5 Å². The number of thioether (sulfide) groups is 1. The van der Waals surface area contributed by atoms with Crippen LogP contribution in [0.3, 0.4) is 0 Å². The maximum absolute atomic E-state index is 12.7. The van der Waals surface area contributed by atoms with Crippen molar-refractivity contribution in [2.45, 2.75) is 13.8 Å². The van der Waals surface area contributed by atoms with Crippen molar-refractivity contribution in [1.29, 1.82) is 0 Å². The van der Waals surface area contributed by atoms with Gasteiger partial charge in [0, 0.05) is 14.1 Å². The molecule has 10 heteroatoms. The van der Waals surface area contributed by atoms with Gasteiger partial charge in [-0.15, -0.1) is 0 Å². The number of carbonyl (C=O) groups is 1. The lowest BCUT2D eigenvalue weighted by Crippen LogP contribution is -2.39. The van der Waals surface area contributed by atoms with Crippen LogP contribution in [0.25, 0.3) is 0 Å². The molecule has 0 saturated heterocycles. The molecule has 0 radical (unpaired) electrons. The molecule has 0 fully saturated rings. The summed E-state index contributed by atoms with van der Waals surface area (Å²) < 4.78 is 12.1. The molecule has 1 heterocycles. The van der Waals surface area contributed by atoms with Crippen LogP contribution in [0.2, 0.25) is 0 Å². The van der Waals surface area contributed by atoms with E-state index in [1.54, 1.807) is 31.2 Å². The molecule has 1 aromatic heterocycles. The molecule has 0 spiro atoms. The zero-order chi connectivity index (χ0) is 21.6. The molecule has 1 N–H and O–H groups in total. The van der Waals surface area contributed by atoms with Gasteiger partial charge in [0.25, 0.3) is 5.56 Å². The summed E-state index contributed by atoms with van der Waals surface area (Å²) in [6.07, 6.45) is 0. The quantitative estimate of drug-likeness (QED) is 0.410. The van der Waals surface area contributed by atoms with Crippen molar-refractivity contribution < 1.29 is 19.4 Å². The summed E-state index contributed by atoms with van der Waals surface area (Å²) in [6, 6.07) is 6.79. The van der Waals surface area contributed by atoms with Crippen LogP contribution in [0.1, 0.15) is 19.4 Å². The Morgan fingerprint density at radius 3 is 2.34 bits per heavy atom. The fourth-order valence-electron chi connectivity index (χ4n) is 2.41. The van der Waals surface area contributed by atoms with E-state index < -0.39 is 23.1 Å². The second-order valence-corrected chi connectivity index (χ2v) is 6.81. The van der Waals surface area contributed by atoms with Gasteiger partial charge in [0.15, 0.2) is 0 Å². The Labute approximate surface area is 171 Å². The molecule has 0 unspecified atom stereocenters. The molecule has 0 atom stereocenters. The van der Waals surface area contributed by atoms with Crippen molar-refractivity contribution >= 4 is 28.5 Å². The Bertz CT molecular complexity index is 1020. The number of esters is 1. The third-order valence-electron chi connectivity index (χ3n) is 3.86. The van der Waals surface area contributed by atoms with Gasteiger partial charge in [0.1, 0.15) is 16.4 Å². The lowest BCUT2D eigenvalue weighted by Gasteiger charge is -2.12. The van der Waals surface area contributed by atoms with Crippen molar-refractivity contribution in [3.8, 4) is 11.6 Å². The number of hydrogen-bond acceptors (Lipinski definition) is 8. The van der Waals surface area contributed by atoms with Gasteiger partial charge in [-0.1, -0.05) is 11.8 Å². The molecule has 0 aliphatic rings. The molecular formula is C19H23N3O6S. The fourth-order valence-corrected chi connectivity index (χ4v) is 3.24. The number of aromatic hydroxyl groups is 1. The van der Waals surface area contributed by atoms with Crippen molar-refractivity contribution in [1.82, 2.24) is 9.13 Å². The third kappa shape index (κ3) is 5.29. The van der Waals surface area contributed by atoms with Gasteiger partial charge < -0.3 is 14.6 Å². The van der Waals surface area contributed by atoms with Gasteiger partial charge >= 0.3 is 11.7 Å². The first-order chi connectivity index (χ1) is 13.8. The van der Waals surface area contributed by atoms with E-state index in [4.69, 9.17) is 9.47 Å². The van der Waals surface area contributed by atoms with Crippen LogP contribution in [0.5, 0.6) is 11.6 Å². The van der Waals surface area contributed by atoms with Crippen molar-refractivity contribution in [3.05, 3.63) is 50.7 Å². The maximum Gasteiger partial charge on any atom is 0.333 e. The summed E-state index contributed by atoms with van der Waals surface area (Å²) in [6.45, 7) is 4.29. The van der Waals surface area contributed by atoms with Crippen LogP contribution in [0.15, 0.2) is 38.8 Å². The first-order valence-electron chi connectivity index (χ1n) is 8.89. The number of carbonyl (C=O) groups excluding carboxylic acids is 1. The first-order valence-corrected chi connectivity index (χ1v) is 9.88. The molecule has 9 nitrogen and oxygen atoms in total. The number of ether oxygens (including phenoxy) is 2. The van der Waals surface area contributed by atoms with Gasteiger partial charge in [-0.3, -0.25) is 18.7 Å². The van der Waals surface area contributed by atoms with Crippen LogP contribution in [0, 0.1) is 0 Å². The fraction of sp³-hybridized carbons (Fsp3) is 0.368. The molecule has 156 valence electrons. The number of rotatable bonds is 7. The predicted molar refractivity (Wildman–Crippen MR) is 111 cm³/mol. The normalized spacial score (nSPS) is 11.4. The molecule has 0 aliphatic carbocycles. The van der Waals surface area contributed by atoms with E-state index in [1.807, 2.05) is 6.92 Å². The van der Waals surface area contributed by atoms with Gasteiger partial charge in [-0.05, 0) is 38.1 Å². The minimum Gasteiger partial charge on any atom is -0.494 e. The van der Waals surface area contributed by atoms with E-state index in [0.29, 0.717) is 18.0 Å². The number of nitrogens with zero attached hydrogens (tertiary/aromatic N) is 3. The van der Waals surface area contributed by atoms with Crippen LogP contribution in [0.4, 0.5) is 5.69 Å². The predicted octanol–water partition coefficient (Wildman–Crippen LogP) is 1.56. The standard InChI is InChI=1S/C19H23N3O6S/c1-5-27-13-9-7-12(8-10-13)20-16(29-11-14(23)28-6-2)15-17(24)21(3)19(26)22(4)18(15)25/h7-10,24H,5-6,11H2,1-4H3. The van der Waals surface area contributed by atoms with Crippen LogP contribution in [-0.4, -0.2) is 44.2 Å². The van der Waals surface area contributed by atoms with E-state index in [2.05, 4.69) is 4.99 Å². The SMILES string of the molecule is CCOC(=O)CSC(=Nc1ccc(OCC)cc1)c1c(O)n(C)c(=O)n(C)c1=O. The number of benzene rings is 1. The highest BCUT2D eigenvalue weighted by Crippen LogP contribution is 2.24. The van der Waals surface area contributed by atoms with Gasteiger partial charge in [-0.2, -0.15) is 0 Å². The Kier molecular flexibility index (Phi) is 7.66. The highest BCUT2D eigenvalue weighted by molar-refractivity contribution is 8.15. The second-order valence-electron chi connectivity index (χ2n) is 5.84. The molecule has 2 aromatic rings. The average Bonchev–Trinajstić information content (AvgIpc) is 2.70. The number of aliphatic imine (C=N–C) groups is 1. The number of hydrogen-bond donors (Lipinski definition) is 1. The monoisotopic (exact) mass is 421 g/mol.